The highest BCUT2D eigenvalue weighted by atomic mass is 16.5. The van der Waals surface area contributed by atoms with Crippen LogP contribution in [0.5, 0.6) is 0 Å². The van der Waals surface area contributed by atoms with Gasteiger partial charge in [0.2, 0.25) is 5.76 Å². The van der Waals surface area contributed by atoms with Gasteiger partial charge in [-0.25, -0.2) is 9.50 Å². The molecule has 8 heteroatoms. The van der Waals surface area contributed by atoms with Crippen LogP contribution in [0, 0.1) is 6.92 Å². The monoisotopic (exact) mass is 381 g/mol. The predicted octanol–water partition coefficient (Wildman–Crippen LogP) is 2.22. The van der Waals surface area contributed by atoms with E-state index in [9.17, 15) is 9.59 Å². The molecule has 4 heterocycles. The highest BCUT2D eigenvalue weighted by molar-refractivity contribution is 5.91. The van der Waals surface area contributed by atoms with Crippen molar-refractivity contribution in [3.05, 3.63) is 50.9 Å². The third-order valence-corrected chi connectivity index (χ3v) is 5.96. The van der Waals surface area contributed by atoms with E-state index < -0.39 is 0 Å². The highest BCUT2D eigenvalue weighted by Gasteiger charge is 2.28. The highest BCUT2D eigenvalue weighted by Crippen LogP contribution is 2.28. The zero-order valence-corrected chi connectivity index (χ0v) is 15.9. The van der Waals surface area contributed by atoms with Crippen molar-refractivity contribution in [2.24, 2.45) is 0 Å². The van der Waals surface area contributed by atoms with Gasteiger partial charge < -0.3 is 9.42 Å². The second-order valence-electron chi connectivity index (χ2n) is 7.85. The third-order valence-electron chi connectivity index (χ3n) is 5.96. The van der Waals surface area contributed by atoms with Crippen LogP contribution in [0.4, 0.5) is 0 Å². The third kappa shape index (κ3) is 2.83. The smallest absolute Gasteiger partial charge is 0.292 e. The number of aryl methyl sites for hydroxylation is 2. The zero-order valence-electron chi connectivity index (χ0n) is 15.9. The summed E-state index contributed by atoms with van der Waals surface area (Å²) in [6, 6.07) is 3.67. The second-order valence-corrected chi connectivity index (χ2v) is 7.85. The topological polar surface area (TPSA) is 96.5 Å². The number of amides is 1. The van der Waals surface area contributed by atoms with Gasteiger partial charge in [0.05, 0.1) is 11.4 Å². The number of hydrogen-bond donors (Lipinski definition) is 1. The molecule has 0 bridgehead atoms. The van der Waals surface area contributed by atoms with Crippen LogP contribution in [0.25, 0.3) is 5.65 Å². The van der Waals surface area contributed by atoms with Crippen LogP contribution in [0.1, 0.15) is 64.8 Å². The van der Waals surface area contributed by atoms with E-state index in [2.05, 4.69) is 10.3 Å². The maximum atomic E-state index is 12.8. The van der Waals surface area contributed by atoms with Gasteiger partial charge in [0.15, 0.2) is 5.65 Å². The number of fused-ring (bicyclic) bond motifs is 2. The normalized spacial score (nSPS) is 17.8. The minimum Gasteiger partial charge on any atom is -0.351 e. The first-order chi connectivity index (χ1) is 13.6. The lowest BCUT2D eigenvalue weighted by Crippen LogP contribution is -2.37. The lowest BCUT2D eigenvalue weighted by atomic mass is 9.93. The van der Waals surface area contributed by atoms with Gasteiger partial charge in [-0.05, 0) is 45.4 Å². The number of nitrogens with one attached hydrogen (secondary N) is 1. The molecule has 1 saturated heterocycles. The fourth-order valence-electron chi connectivity index (χ4n) is 4.40. The van der Waals surface area contributed by atoms with E-state index in [0.717, 1.165) is 55.5 Å². The summed E-state index contributed by atoms with van der Waals surface area (Å²) in [5, 5.41) is 7.07. The first-order valence-electron chi connectivity index (χ1n) is 9.96. The molecule has 1 N–H and O–H groups in total. The fourth-order valence-corrected chi connectivity index (χ4v) is 4.40. The van der Waals surface area contributed by atoms with Crippen molar-refractivity contribution < 1.29 is 9.32 Å². The Morgan fingerprint density at radius 2 is 2.00 bits per heavy atom. The molecule has 28 heavy (non-hydrogen) atoms. The average Bonchev–Trinajstić information content (AvgIpc) is 3.34. The van der Waals surface area contributed by atoms with Gasteiger partial charge in [-0.2, -0.15) is 0 Å². The molecule has 0 unspecified atom stereocenters. The molecule has 0 atom stereocenters. The quantitative estimate of drug-likeness (QED) is 0.734. The predicted molar refractivity (Wildman–Crippen MR) is 102 cm³/mol. The molecule has 0 aromatic carbocycles. The van der Waals surface area contributed by atoms with Crippen LogP contribution in [-0.4, -0.2) is 43.7 Å². The molecular weight excluding hydrogens is 358 g/mol. The van der Waals surface area contributed by atoms with Crippen molar-refractivity contribution in [1.29, 1.82) is 0 Å². The largest absolute Gasteiger partial charge is 0.351 e. The van der Waals surface area contributed by atoms with Gasteiger partial charge in [0.1, 0.15) is 0 Å². The number of likely N-dealkylation sites (tertiary alicyclic amines) is 1. The molecule has 3 aromatic rings. The van der Waals surface area contributed by atoms with Gasteiger partial charge in [0, 0.05) is 42.4 Å². The number of piperidine rings is 1. The lowest BCUT2D eigenvalue weighted by molar-refractivity contribution is 0.0670. The molecule has 0 spiro atoms. The molecule has 3 aromatic heterocycles. The molecule has 5 rings (SSSR count). The Labute approximate surface area is 161 Å². The van der Waals surface area contributed by atoms with Crippen LogP contribution in [0.15, 0.2) is 21.5 Å². The number of aromatic nitrogens is 4. The van der Waals surface area contributed by atoms with Crippen molar-refractivity contribution in [2.75, 3.05) is 13.1 Å². The molecule has 8 nitrogen and oxygen atoms in total. The van der Waals surface area contributed by atoms with Gasteiger partial charge in [0.25, 0.3) is 11.5 Å². The first-order valence-corrected chi connectivity index (χ1v) is 9.96. The molecule has 146 valence electrons. The second kappa shape index (κ2) is 6.61. The van der Waals surface area contributed by atoms with Crippen molar-refractivity contribution in [3.8, 4) is 0 Å². The minimum absolute atomic E-state index is 0.0410. The van der Waals surface area contributed by atoms with Crippen LogP contribution in [-0.2, 0) is 12.8 Å². The van der Waals surface area contributed by atoms with Crippen LogP contribution in [0.3, 0.4) is 0 Å². The Hall–Kier alpha value is -2.90. The molecular formula is C20H23N5O3. The van der Waals surface area contributed by atoms with E-state index in [-0.39, 0.29) is 17.4 Å². The summed E-state index contributed by atoms with van der Waals surface area (Å²) in [6.45, 7) is 3.10. The molecule has 1 aliphatic carbocycles. The van der Waals surface area contributed by atoms with E-state index in [4.69, 9.17) is 9.51 Å². The van der Waals surface area contributed by atoms with Gasteiger partial charge in [-0.1, -0.05) is 5.16 Å². The Kier molecular flexibility index (Phi) is 4.07. The molecule has 0 radical (unpaired) electrons. The van der Waals surface area contributed by atoms with Crippen molar-refractivity contribution in [2.45, 2.75) is 51.4 Å². The van der Waals surface area contributed by atoms with Crippen LogP contribution >= 0.6 is 0 Å². The number of carbonyl (C=O) groups is 1. The van der Waals surface area contributed by atoms with E-state index in [1.165, 1.54) is 0 Å². The summed E-state index contributed by atoms with van der Waals surface area (Å²) in [4.78, 5) is 31.8. The Morgan fingerprint density at radius 1 is 1.21 bits per heavy atom. The minimum atomic E-state index is -0.110. The number of H-pyrrole nitrogens is 1. The van der Waals surface area contributed by atoms with E-state index in [1.807, 2.05) is 11.0 Å². The standard InChI is InChI=1S/C20H23N5O3/c1-12-10-17(28-23-12)20(27)24-8-6-13(7-9-24)16-11-18-21-15-5-3-2-4-14(15)19(26)25(18)22-16/h10-11,13,22H,2-9H2,1H3. The molecule has 1 fully saturated rings. The van der Waals surface area contributed by atoms with Crippen molar-refractivity contribution in [1.82, 2.24) is 24.7 Å². The fraction of sp³-hybridized carbons (Fsp3) is 0.500. The van der Waals surface area contributed by atoms with Crippen LogP contribution in [0.2, 0.25) is 0 Å². The maximum absolute atomic E-state index is 12.8. The summed E-state index contributed by atoms with van der Waals surface area (Å²) < 4.78 is 6.69. The SMILES string of the molecule is Cc1cc(C(=O)N2CCC(c3cc4nc5c(c(=O)n4[nH]3)CCCC5)CC2)on1. The van der Waals surface area contributed by atoms with E-state index in [0.29, 0.717) is 30.2 Å². The van der Waals surface area contributed by atoms with Gasteiger partial charge in [-0.3, -0.25) is 14.7 Å². The van der Waals surface area contributed by atoms with E-state index >= 15 is 0 Å². The number of rotatable bonds is 2. The van der Waals surface area contributed by atoms with Gasteiger partial charge in [-0.15, -0.1) is 0 Å². The average molecular weight is 381 g/mol. The molecule has 0 saturated carbocycles. The summed E-state index contributed by atoms with van der Waals surface area (Å²) in [7, 11) is 0. The number of hydrogen-bond acceptors (Lipinski definition) is 5. The summed E-state index contributed by atoms with van der Waals surface area (Å²) in [5.41, 5.74) is 4.30. The summed E-state index contributed by atoms with van der Waals surface area (Å²) >= 11 is 0. The number of aromatic amines is 1. The Bertz CT molecular complexity index is 1100. The Morgan fingerprint density at radius 3 is 2.75 bits per heavy atom. The summed E-state index contributed by atoms with van der Waals surface area (Å²) in [5.74, 6) is 0.461. The van der Waals surface area contributed by atoms with Crippen molar-refractivity contribution >= 4 is 11.6 Å². The number of nitrogens with zero attached hydrogens (tertiary/aromatic N) is 4. The molecule has 2 aliphatic rings. The molecule has 1 aliphatic heterocycles. The maximum Gasteiger partial charge on any atom is 0.292 e. The first kappa shape index (κ1) is 17.2. The van der Waals surface area contributed by atoms with Gasteiger partial charge >= 0.3 is 0 Å². The number of carbonyl (C=O) groups excluding carboxylic acids is 1. The van der Waals surface area contributed by atoms with Crippen LogP contribution < -0.4 is 5.56 Å². The zero-order chi connectivity index (χ0) is 19.3. The lowest BCUT2D eigenvalue weighted by Gasteiger charge is -2.30. The van der Waals surface area contributed by atoms with E-state index in [1.54, 1.807) is 17.5 Å². The van der Waals surface area contributed by atoms with Crippen molar-refractivity contribution in [3.63, 3.8) is 0 Å². The Balaban J connectivity index is 1.35. The summed E-state index contributed by atoms with van der Waals surface area (Å²) in [6.07, 6.45) is 5.54. The molecule has 1 amide bonds.